The van der Waals surface area contributed by atoms with Crippen LogP contribution in [0.3, 0.4) is 0 Å². The molecule has 0 aromatic carbocycles. The van der Waals surface area contributed by atoms with Crippen molar-refractivity contribution in [3.63, 3.8) is 0 Å². The second kappa shape index (κ2) is 3.30. The van der Waals surface area contributed by atoms with Crippen molar-refractivity contribution >= 4 is 21.6 Å². The number of hydrogen-bond donors (Lipinski definition) is 0. The molecule has 0 saturated carbocycles. The molecule has 0 aliphatic rings. The Morgan fingerprint density at radius 1 is 1.30 bits per heavy atom. The second-order valence-electron chi connectivity index (χ2n) is 1.88. The summed E-state index contributed by atoms with van der Waals surface area (Å²) >= 11 is 1.73. The van der Waals surface area contributed by atoms with E-state index in [9.17, 15) is 0 Å². The molecule has 1 N–H and O–H groups in total. The Morgan fingerprint density at radius 2 is 2.20 bits per heavy atom. The summed E-state index contributed by atoms with van der Waals surface area (Å²) in [6, 6.07) is 6.22. The van der Waals surface area contributed by atoms with Crippen LogP contribution in [0.25, 0.3) is 10.2 Å². The SMILES string of the molecule is [I-].c1c[nH+]c2sccc2c1. The topological polar surface area (TPSA) is 14.1 Å². The highest BCUT2D eigenvalue weighted by Crippen LogP contribution is 2.13. The van der Waals surface area contributed by atoms with Gasteiger partial charge in [0.05, 0.1) is 5.39 Å². The Balaban J connectivity index is 0.000000500. The van der Waals surface area contributed by atoms with E-state index >= 15 is 0 Å². The third-order valence-electron chi connectivity index (χ3n) is 1.28. The largest absolute Gasteiger partial charge is 1.00 e. The molecule has 0 fully saturated rings. The van der Waals surface area contributed by atoms with E-state index in [0.29, 0.717) is 0 Å². The van der Waals surface area contributed by atoms with Gasteiger partial charge in [-0.1, -0.05) is 11.3 Å². The van der Waals surface area contributed by atoms with Gasteiger partial charge in [0, 0.05) is 6.07 Å². The van der Waals surface area contributed by atoms with E-state index in [1.165, 1.54) is 10.2 Å². The first kappa shape index (κ1) is 7.94. The lowest BCUT2D eigenvalue weighted by Gasteiger charge is -1.74. The standard InChI is InChI=1S/C7H5NS.HI/c1-2-6-3-5-9-7(6)8-4-1;/h1-5H;1H. The molecular formula is C7H6INS. The minimum Gasteiger partial charge on any atom is -1.00 e. The number of nitrogens with one attached hydrogen (secondary N) is 1. The molecule has 2 aromatic rings. The third kappa shape index (κ3) is 1.29. The number of aromatic nitrogens is 1. The van der Waals surface area contributed by atoms with Crippen molar-refractivity contribution in [2.75, 3.05) is 0 Å². The predicted molar refractivity (Wildman–Crippen MR) is 38.4 cm³/mol. The average molecular weight is 263 g/mol. The fourth-order valence-electron chi connectivity index (χ4n) is 0.843. The number of H-pyrrole nitrogens is 1. The van der Waals surface area contributed by atoms with Gasteiger partial charge in [-0.05, 0) is 17.5 Å². The summed E-state index contributed by atoms with van der Waals surface area (Å²) in [5.74, 6) is 0. The first-order chi connectivity index (χ1) is 4.47. The molecule has 2 rings (SSSR count). The number of aromatic amines is 1. The molecule has 0 atom stereocenters. The van der Waals surface area contributed by atoms with Crippen molar-refractivity contribution < 1.29 is 29.0 Å². The highest BCUT2D eigenvalue weighted by Gasteiger charge is 1.96. The predicted octanol–water partition coefficient (Wildman–Crippen LogP) is -1.28. The monoisotopic (exact) mass is 263 g/mol. The summed E-state index contributed by atoms with van der Waals surface area (Å²) in [6.45, 7) is 0. The maximum absolute atomic E-state index is 3.15. The summed E-state index contributed by atoms with van der Waals surface area (Å²) < 4.78 is 0. The van der Waals surface area contributed by atoms with Gasteiger partial charge in [0.1, 0.15) is 0 Å². The minimum absolute atomic E-state index is 0. The van der Waals surface area contributed by atoms with Gasteiger partial charge in [0.25, 0.3) is 4.83 Å². The van der Waals surface area contributed by atoms with Crippen molar-refractivity contribution in [1.82, 2.24) is 0 Å². The summed E-state index contributed by atoms with van der Waals surface area (Å²) in [6.07, 6.45) is 1.94. The zero-order chi connectivity index (χ0) is 6.10. The molecule has 0 saturated heterocycles. The van der Waals surface area contributed by atoms with E-state index < -0.39 is 0 Å². The van der Waals surface area contributed by atoms with E-state index in [1.807, 2.05) is 12.3 Å². The maximum Gasteiger partial charge on any atom is 0.267 e. The van der Waals surface area contributed by atoms with Gasteiger partial charge in [-0.3, -0.25) is 0 Å². The van der Waals surface area contributed by atoms with Crippen LogP contribution in [-0.4, -0.2) is 0 Å². The van der Waals surface area contributed by atoms with Gasteiger partial charge >= 0.3 is 0 Å². The van der Waals surface area contributed by atoms with Gasteiger partial charge in [-0.15, -0.1) is 0 Å². The molecule has 52 valence electrons. The van der Waals surface area contributed by atoms with Crippen molar-refractivity contribution in [2.24, 2.45) is 0 Å². The van der Waals surface area contributed by atoms with Crippen molar-refractivity contribution in [3.05, 3.63) is 29.8 Å². The zero-order valence-corrected chi connectivity index (χ0v) is 8.15. The molecule has 0 aliphatic carbocycles. The van der Waals surface area contributed by atoms with Gasteiger partial charge in [-0.25, -0.2) is 4.98 Å². The molecule has 1 nitrogen and oxygen atoms in total. The highest BCUT2D eigenvalue weighted by molar-refractivity contribution is 7.16. The number of rotatable bonds is 0. The fourth-order valence-corrected chi connectivity index (χ4v) is 1.60. The van der Waals surface area contributed by atoms with Crippen molar-refractivity contribution in [2.45, 2.75) is 0 Å². The van der Waals surface area contributed by atoms with Crippen LogP contribution < -0.4 is 29.0 Å². The lowest BCUT2D eigenvalue weighted by molar-refractivity contribution is -0.341. The van der Waals surface area contributed by atoms with E-state index in [2.05, 4.69) is 22.5 Å². The van der Waals surface area contributed by atoms with Crippen molar-refractivity contribution in [1.29, 1.82) is 0 Å². The normalized spacial score (nSPS) is 9.20. The average Bonchev–Trinajstić information content (AvgIpc) is 2.33. The van der Waals surface area contributed by atoms with Gasteiger partial charge < -0.3 is 24.0 Å². The number of hydrogen-bond acceptors (Lipinski definition) is 1. The van der Waals surface area contributed by atoms with Crippen LogP contribution in [0.15, 0.2) is 29.8 Å². The van der Waals surface area contributed by atoms with Crippen LogP contribution in [-0.2, 0) is 0 Å². The smallest absolute Gasteiger partial charge is 0.267 e. The molecule has 2 heterocycles. The zero-order valence-electron chi connectivity index (χ0n) is 5.17. The number of pyridine rings is 1. The lowest BCUT2D eigenvalue weighted by Crippen LogP contribution is -3.00. The summed E-state index contributed by atoms with van der Waals surface area (Å²) in [5, 5.41) is 3.38. The number of halogens is 1. The molecule has 0 aliphatic heterocycles. The van der Waals surface area contributed by atoms with Crippen LogP contribution >= 0.6 is 11.3 Å². The van der Waals surface area contributed by atoms with E-state index in [1.54, 1.807) is 11.3 Å². The molecular weight excluding hydrogens is 257 g/mol. The van der Waals surface area contributed by atoms with Crippen LogP contribution in [0.2, 0.25) is 0 Å². The number of fused-ring (bicyclic) bond motifs is 1. The van der Waals surface area contributed by atoms with Gasteiger partial charge in [-0.2, -0.15) is 0 Å². The van der Waals surface area contributed by atoms with Crippen LogP contribution in [0.5, 0.6) is 0 Å². The van der Waals surface area contributed by atoms with Crippen LogP contribution in [0, 0.1) is 0 Å². The Bertz CT molecular complexity index is 288. The molecule has 0 bridgehead atoms. The molecule has 0 unspecified atom stereocenters. The Morgan fingerprint density at radius 3 is 3.00 bits per heavy atom. The minimum atomic E-state index is 0. The maximum atomic E-state index is 3.15. The van der Waals surface area contributed by atoms with E-state index in [4.69, 9.17) is 0 Å². The Labute approximate surface area is 80.1 Å². The summed E-state index contributed by atoms with van der Waals surface area (Å²) in [5.41, 5.74) is 0. The molecule has 2 aromatic heterocycles. The molecule has 10 heavy (non-hydrogen) atoms. The Hall–Kier alpha value is -0.160. The van der Waals surface area contributed by atoms with E-state index in [0.717, 1.165) is 0 Å². The highest BCUT2D eigenvalue weighted by atomic mass is 127. The molecule has 0 amide bonds. The van der Waals surface area contributed by atoms with E-state index in [-0.39, 0.29) is 24.0 Å². The molecule has 0 radical (unpaired) electrons. The van der Waals surface area contributed by atoms with Gasteiger partial charge in [0.15, 0.2) is 6.20 Å². The summed E-state index contributed by atoms with van der Waals surface area (Å²) in [4.78, 5) is 4.40. The van der Waals surface area contributed by atoms with Crippen LogP contribution in [0.1, 0.15) is 0 Å². The third-order valence-corrected chi connectivity index (χ3v) is 2.14. The van der Waals surface area contributed by atoms with Gasteiger partial charge in [0.2, 0.25) is 0 Å². The molecule has 3 heteroatoms. The molecule has 0 spiro atoms. The fraction of sp³-hybridized carbons (Fsp3) is 0. The Kier molecular flexibility index (Phi) is 2.62. The first-order valence-corrected chi connectivity index (χ1v) is 3.69. The summed E-state index contributed by atoms with van der Waals surface area (Å²) in [7, 11) is 0. The quantitative estimate of drug-likeness (QED) is 0.526. The second-order valence-corrected chi connectivity index (χ2v) is 2.79. The first-order valence-electron chi connectivity index (χ1n) is 2.81. The number of thiophene rings is 1. The van der Waals surface area contributed by atoms with Crippen LogP contribution in [0.4, 0.5) is 0 Å². The van der Waals surface area contributed by atoms with Crippen molar-refractivity contribution in [3.8, 4) is 0 Å². The lowest BCUT2D eigenvalue weighted by atomic mass is 10.4.